The van der Waals surface area contributed by atoms with Gasteiger partial charge in [-0.25, -0.2) is 0 Å². The maximum Gasteiger partial charge on any atom is 0.306 e. The molecule has 2 fully saturated rings. The molecule has 388 valence electrons. The van der Waals surface area contributed by atoms with Crippen LogP contribution in [0.1, 0.15) is 168 Å². The normalized spacial score (nSPS) is 26.6. The molecule has 2 aliphatic heterocycles. The second-order valence-corrected chi connectivity index (χ2v) is 18.0. The van der Waals surface area contributed by atoms with Crippen molar-refractivity contribution in [3.63, 3.8) is 0 Å². The third-order valence-corrected chi connectivity index (χ3v) is 12.0. The highest BCUT2D eigenvalue weighted by Gasteiger charge is 2.47. The Labute approximate surface area is 403 Å². The van der Waals surface area contributed by atoms with E-state index in [0.29, 0.717) is 13.0 Å². The molecule has 0 amide bonds. The quantitative estimate of drug-likeness (QED) is 0.0178. The number of hydrogen-bond donors (Lipinski definition) is 7. The second-order valence-electron chi connectivity index (χ2n) is 18.0. The molecule has 14 heteroatoms. The van der Waals surface area contributed by atoms with Gasteiger partial charge in [-0.15, -0.1) is 0 Å². The summed E-state index contributed by atoms with van der Waals surface area (Å²) in [4.78, 5) is 13.0. The largest absolute Gasteiger partial charge is 0.457 e. The molecule has 67 heavy (non-hydrogen) atoms. The summed E-state index contributed by atoms with van der Waals surface area (Å²) in [5.41, 5.74) is 0. The zero-order valence-corrected chi connectivity index (χ0v) is 41.1. The summed E-state index contributed by atoms with van der Waals surface area (Å²) in [6.45, 7) is 3.54. The van der Waals surface area contributed by atoms with Crippen molar-refractivity contribution in [1.82, 2.24) is 0 Å². The van der Waals surface area contributed by atoms with Gasteiger partial charge in [-0.3, -0.25) is 4.79 Å². The molecular weight excluding hydrogens is 861 g/mol. The molecule has 11 unspecified atom stereocenters. The lowest BCUT2D eigenvalue weighted by Crippen LogP contribution is -2.61. The fraction of sp³-hybridized carbons (Fsp3) is 0.792. The molecule has 14 nitrogen and oxygen atoms in total. The molecule has 0 aliphatic carbocycles. The first-order valence-electron chi connectivity index (χ1n) is 25.9. The maximum absolute atomic E-state index is 13.0. The van der Waals surface area contributed by atoms with Crippen LogP contribution >= 0.6 is 0 Å². The van der Waals surface area contributed by atoms with Crippen LogP contribution in [0.25, 0.3) is 0 Å². The Morgan fingerprint density at radius 1 is 0.507 bits per heavy atom. The average Bonchev–Trinajstić information content (AvgIpc) is 3.32. The van der Waals surface area contributed by atoms with Crippen molar-refractivity contribution in [3.05, 3.63) is 60.8 Å². The van der Waals surface area contributed by atoms with Gasteiger partial charge in [0.2, 0.25) is 0 Å². The van der Waals surface area contributed by atoms with E-state index in [0.717, 1.165) is 83.5 Å². The Balaban J connectivity index is 1.73. The van der Waals surface area contributed by atoms with Crippen LogP contribution in [-0.2, 0) is 33.2 Å². The van der Waals surface area contributed by atoms with Crippen molar-refractivity contribution in [2.75, 3.05) is 33.0 Å². The summed E-state index contributed by atoms with van der Waals surface area (Å²) < 4.78 is 34.2. The molecule has 0 aromatic carbocycles. The van der Waals surface area contributed by atoms with E-state index in [1.807, 2.05) is 0 Å². The van der Waals surface area contributed by atoms with Crippen molar-refractivity contribution < 1.29 is 69.0 Å². The minimum Gasteiger partial charge on any atom is -0.457 e. The number of carbonyl (C=O) groups is 1. The Morgan fingerprint density at radius 2 is 0.970 bits per heavy atom. The third-order valence-electron chi connectivity index (χ3n) is 12.0. The van der Waals surface area contributed by atoms with Gasteiger partial charge >= 0.3 is 5.97 Å². The average molecular weight is 953 g/mol. The van der Waals surface area contributed by atoms with Gasteiger partial charge in [0, 0.05) is 13.0 Å². The molecular formula is C53H92O14. The van der Waals surface area contributed by atoms with E-state index in [1.165, 1.54) is 57.8 Å². The number of hydrogen-bond acceptors (Lipinski definition) is 14. The van der Waals surface area contributed by atoms with Crippen LogP contribution in [-0.4, -0.2) is 142 Å². The Kier molecular flexibility index (Phi) is 36.7. The predicted molar refractivity (Wildman–Crippen MR) is 261 cm³/mol. The van der Waals surface area contributed by atoms with Gasteiger partial charge in [0.15, 0.2) is 12.6 Å². The standard InChI is InChI=1S/C53H92O14/c1-3-5-7-9-11-13-15-16-17-18-19-20-21-22-23-24-25-26-27-28-30-32-34-36-45(55)65-42(39-62-37-35-33-31-29-14-12-10-8-6-4-2)40-63-52-51(61)49(59)47(57)44(67-52)41-64-53-50(60)48(58)46(56)43(38-54)66-53/h5,7,11,13,16-17,19-20,22-23,42-44,46-54,56-61H,3-4,6,8-10,12,14-15,18,21,24-41H2,1-2H3/b7-5-,13-11-,17-16-,20-19-,23-22-. The van der Waals surface area contributed by atoms with Crippen molar-refractivity contribution in [1.29, 1.82) is 0 Å². The molecule has 0 aromatic rings. The molecule has 0 aromatic heterocycles. The van der Waals surface area contributed by atoms with Crippen LogP contribution in [0.4, 0.5) is 0 Å². The third kappa shape index (κ3) is 28.2. The molecule has 0 radical (unpaired) electrons. The number of aliphatic hydroxyl groups is 7. The van der Waals surface area contributed by atoms with Crippen molar-refractivity contribution >= 4 is 5.97 Å². The molecule has 0 saturated carbocycles. The summed E-state index contributed by atoms with van der Waals surface area (Å²) >= 11 is 0. The zero-order chi connectivity index (χ0) is 48.7. The molecule has 11 atom stereocenters. The molecule has 2 aliphatic rings. The zero-order valence-electron chi connectivity index (χ0n) is 41.1. The van der Waals surface area contributed by atoms with Crippen molar-refractivity contribution in [3.8, 4) is 0 Å². The van der Waals surface area contributed by atoms with Crippen molar-refractivity contribution in [2.24, 2.45) is 0 Å². The number of aliphatic hydroxyl groups excluding tert-OH is 7. The van der Waals surface area contributed by atoms with E-state index >= 15 is 0 Å². The topological polar surface area (TPSA) is 214 Å². The highest BCUT2D eigenvalue weighted by Crippen LogP contribution is 2.26. The van der Waals surface area contributed by atoms with E-state index < -0.39 is 80.7 Å². The van der Waals surface area contributed by atoms with Crippen LogP contribution in [0.3, 0.4) is 0 Å². The highest BCUT2D eigenvalue weighted by molar-refractivity contribution is 5.69. The summed E-state index contributed by atoms with van der Waals surface area (Å²) in [5.74, 6) is -0.389. The van der Waals surface area contributed by atoms with Crippen LogP contribution in [0, 0.1) is 0 Å². The minimum absolute atomic E-state index is 0.0560. The van der Waals surface area contributed by atoms with E-state index in [1.54, 1.807) is 0 Å². The Morgan fingerprint density at radius 3 is 1.52 bits per heavy atom. The van der Waals surface area contributed by atoms with E-state index in [2.05, 4.69) is 74.6 Å². The van der Waals surface area contributed by atoms with E-state index in [-0.39, 0.29) is 25.6 Å². The van der Waals surface area contributed by atoms with Gasteiger partial charge in [-0.2, -0.15) is 0 Å². The van der Waals surface area contributed by atoms with Gasteiger partial charge in [0.05, 0.1) is 26.4 Å². The summed E-state index contributed by atoms with van der Waals surface area (Å²) in [5, 5.41) is 72.1. The molecule has 2 rings (SSSR count). The number of unbranched alkanes of at least 4 members (excludes halogenated alkanes) is 16. The molecule has 2 saturated heterocycles. The minimum atomic E-state index is -1.71. The fourth-order valence-corrected chi connectivity index (χ4v) is 7.84. The summed E-state index contributed by atoms with van der Waals surface area (Å²) in [7, 11) is 0. The SMILES string of the molecule is CC/C=C\C/C=C\C/C=C\C/C=C\C/C=C\CCCCCCCCCC(=O)OC(COCCCCCCCCCCCC)COC1OC(COC2OC(CO)C(O)C(O)C2O)C(O)C(O)C1O. The summed E-state index contributed by atoms with van der Waals surface area (Å²) in [6, 6.07) is 0. The molecule has 0 spiro atoms. The lowest BCUT2D eigenvalue weighted by molar-refractivity contribution is -0.332. The van der Waals surface area contributed by atoms with Gasteiger partial charge in [0.25, 0.3) is 0 Å². The fourth-order valence-electron chi connectivity index (χ4n) is 7.84. The van der Waals surface area contributed by atoms with Crippen LogP contribution in [0.2, 0.25) is 0 Å². The van der Waals surface area contributed by atoms with E-state index in [9.17, 15) is 40.5 Å². The monoisotopic (exact) mass is 953 g/mol. The van der Waals surface area contributed by atoms with Crippen LogP contribution in [0.5, 0.6) is 0 Å². The smallest absolute Gasteiger partial charge is 0.306 e. The second kappa shape index (κ2) is 40.4. The van der Waals surface area contributed by atoms with Crippen molar-refractivity contribution in [2.45, 2.75) is 235 Å². The predicted octanol–water partition coefficient (Wildman–Crippen LogP) is 7.74. The Bertz CT molecular complexity index is 1340. The lowest BCUT2D eigenvalue weighted by Gasteiger charge is -2.42. The summed E-state index contributed by atoms with van der Waals surface area (Å²) in [6.07, 6.45) is 31.4. The molecule has 7 N–H and O–H groups in total. The number of allylic oxidation sites excluding steroid dienone is 10. The first-order valence-corrected chi connectivity index (χ1v) is 25.9. The maximum atomic E-state index is 13.0. The Hall–Kier alpha value is -2.31. The lowest BCUT2D eigenvalue weighted by atomic mass is 9.98. The first-order chi connectivity index (χ1) is 32.6. The number of carbonyl (C=O) groups excluding carboxylic acids is 1. The van der Waals surface area contributed by atoms with Gasteiger partial charge < -0.3 is 64.2 Å². The highest BCUT2D eigenvalue weighted by atomic mass is 16.7. The van der Waals surface area contributed by atoms with Gasteiger partial charge in [0.1, 0.15) is 54.9 Å². The number of rotatable bonds is 40. The van der Waals surface area contributed by atoms with Gasteiger partial charge in [-0.05, 0) is 57.8 Å². The van der Waals surface area contributed by atoms with Gasteiger partial charge in [-0.1, -0.05) is 164 Å². The van der Waals surface area contributed by atoms with Crippen LogP contribution in [0.15, 0.2) is 60.8 Å². The molecule has 0 bridgehead atoms. The van der Waals surface area contributed by atoms with Crippen LogP contribution < -0.4 is 0 Å². The molecule has 2 heterocycles. The van der Waals surface area contributed by atoms with E-state index in [4.69, 9.17) is 28.4 Å². The number of esters is 1. The first kappa shape index (κ1) is 60.8. The number of ether oxygens (including phenoxy) is 6.